The second-order valence-corrected chi connectivity index (χ2v) is 2.88. The molecule has 1 amide bonds. The molecule has 0 fully saturated rings. The first-order valence-electron chi connectivity index (χ1n) is 4.28. The zero-order chi connectivity index (χ0) is 9.84. The van der Waals surface area contributed by atoms with Gasteiger partial charge < -0.3 is 9.64 Å². The number of nitrogens with zero attached hydrogens (tertiary/aromatic N) is 1. The molecule has 0 aliphatic carbocycles. The smallest absolute Gasteiger partial charge is 0.335 e. The maximum atomic E-state index is 11.2. The molecular weight excluding hydrogens is 170 g/mol. The predicted octanol–water partition coefficient (Wildman–Crippen LogP) is 0.686. The molecule has 4 heteroatoms. The van der Waals surface area contributed by atoms with Gasteiger partial charge in [0, 0.05) is 19.7 Å². The molecule has 0 atom stereocenters. The molecule has 0 unspecified atom stereocenters. The largest absolute Gasteiger partial charge is 0.463 e. The van der Waals surface area contributed by atoms with Crippen LogP contribution >= 0.6 is 0 Å². The molecule has 0 saturated carbocycles. The third-order valence-electron chi connectivity index (χ3n) is 1.89. The Morgan fingerprint density at radius 3 is 2.85 bits per heavy atom. The number of carbonyl (C=O) groups is 2. The first kappa shape index (κ1) is 9.77. The number of ether oxygens (including phenoxy) is 1. The van der Waals surface area contributed by atoms with Crippen molar-refractivity contribution in [2.24, 2.45) is 0 Å². The summed E-state index contributed by atoms with van der Waals surface area (Å²) in [5.41, 5.74) is 0.573. The van der Waals surface area contributed by atoms with Gasteiger partial charge >= 0.3 is 5.97 Å². The third-order valence-corrected chi connectivity index (χ3v) is 1.89. The minimum Gasteiger partial charge on any atom is -0.463 e. The summed E-state index contributed by atoms with van der Waals surface area (Å²) < 4.78 is 4.82. The van der Waals surface area contributed by atoms with Gasteiger partial charge in [-0.3, -0.25) is 4.79 Å². The lowest BCUT2D eigenvalue weighted by Gasteiger charge is -2.19. The Hall–Kier alpha value is -1.32. The van der Waals surface area contributed by atoms with E-state index in [1.807, 2.05) is 0 Å². The van der Waals surface area contributed by atoms with Crippen LogP contribution in [0.15, 0.2) is 11.8 Å². The molecule has 1 aliphatic rings. The van der Waals surface area contributed by atoms with Gasteiger partial charge in [-0.2, -0.15) is 0 Å². The quantitative estimate of drug-likeness (QED) is 0.591. The van der Waals surface area contributed by atoms with Gasteiger partial charge in [-0.1, -0.05) is 0 Å². The van der Waals surface area contributed by atoms with Crippen LogP contribution in [0, 0.1) is 0 Å². The predicted molar refractivity (Wildman–Crippen MR) is 46.7 cm³/mol. The molecular formula is C9H13NO3. The van der Waals surface area contributed by atoms with Crippen LogP contribution in [-0.2, 0) is 14.3 Å². The van der Waals surface area contributed by atoms with E-state index < -0.39 is 0 Å². The molecule has 1 heterocycles. The number of hydrogen-bond acceptors (Lipinski definition) is 3. The lowest BCUT2D eigenvalue weighted by atomic mass is 10.1. The SMILES string of the molecule is CCOC(=O)C1=CN(C)C(=O)CC1. The molecule has 1 aliphatic heterocycles. The highest BCUT2D eigenvalue weighted by Crippen LogP contribution is 2.15. The van der Waals surface area contributed by atoms with E-state index in [0.717, 1.165) is 0 Å². The Morgan fingerprint density at radius 2 is 2.31 bits per heavy atom. The third kappa shape index (κ3) is 2.31. The molecule has 13 heavy (non-hydrogen) atoms. The van der Waals surface area contributed by atoms with Gasteiger partial charge in [-0.15, -0.1) is 0 Å². The van der Waals surface area contributed by atoms with Crippen LogP contribution in [0.25, 0.3) is 0 Å². The molecule has 0 aromatic heterocycles. The summed E-state index contributed by atoms with van der Waals surface area (Å²) in [7, 11) is 1.64. The van der Waals surface area contributed by atoms with Gasteiger partial charge in [0.25, 0.3) is 0 Å². The summed E-state index contributed by atoms with van der Waals surface area (Å²) in [5, 5.41) is 0. The maximum absolute atomic E-state index is 11.2. The second kappa shape index (κ2) is 4.07. The van der Waals surface area contributed by atoms with Crippen LogP contribution in [0.3, 0.4) is 0 Å². The fourth-order valence-electron chi connectivity index (χ4n) is 1.17. The zero-order valence-corrected chi connectivity index (χ0v) is 7.87. The van der Waals surface area contributed by atoms with Gasteiger partial charge in [0.2, 0.25) is 5.91 Å². The minimum absolute atomic E-state index is 0.0352. The summed E-state index contributed by atoms with van der Waals surface area (Å²) in [6.45, 7) is 2.13. The molecule has 0 bridgehead atoms. The summed E-state index contributed by atoms with van der Waals surface area (Å²) >= 11 is 0. The van der Waals surface area contributed by atoms with Crippen molar-refractivity contribution in [3.63, 3.8) is 0 Å². The number of carbonyl (C=O) groups excluding carboxylic acids is 2. The van der Waals surface area contributed by atoms with Gasteiger partial charge in [-0.05, 0) is 13.3 Å². The number of hydrogen-bond donors (Lipinski definition) is 0. The Kier molecular flexibility index (Phi) is 3.06. The highest BCUT2D eigenvalue weighted by molar-refractivity contribution is 5.92. The second-order valence-electron chi connectivity index (χ2n) is 2.88. The van der Waals surface area contributed by atoms with Crippen molar-refractivity contribution in [1.29, 1.82) is 0 Å². The molecule has 0 radical (unpaired) electrons. The van der Waals surface area contributed by atoms with Gasteiger partial charge in [-0.25, -0.2) is 4.79 Å². The first-order valence-corrected chi connectivity index (χ1v) is 4.28. The molecule has 1 rings (SSSR count). The minimum atomic E-state index is -0.318. The van der Waals surface area contributed by atoms with Gasteiger partial charge in [0.15, 0.2) is 0 Å². The number of amides is 1. The lowest BCUT2D eigenvalue weighted by Crippen LogP contribution is -2.27. The van der Waals surface area contributed by atoms with Crippen molar-refractivity contribution in [2.75, 3.05) is 13.7 Å². The highest BCUT2D eigenvalue weighted by atomic mass is 16.5. The van der Waals surface area contributed by atoms with E-state index >= 15 is 0 Å². The van der Waals surface area contributed by atoms with Crippen molar-refractivity contribution >= 4 is 11.9 Å². The van der Waals surface area contributed by atoms with E-state index in [1.165, 1.54) is 4.90 Å². The van der Waals surface area contributed by atoms with Crippen LogP contribution in [-0.4, -0.2) is 30.4 Å². The van der Waals surface area contributed by atoms with Gasteiger partial charge in [0.05, 0.1) is 12.2 Å². The van der Waals surface area contributed by atoms with Crippen LogP contribution in [0.2, 0.25) is 0 Å². The van der Waals surface area contributed by atoms with E-state index in [4.69, 9.17) is 4.74 Å². The fourth-order valence-corrected chi connectivity index (χ4v) is 1.17. The van der Waals surface area contributed by atoms with Crippen molar-refractivity contribution < 1.29 is 14.3 Å². The topological polar surface area (TPSA) is 46.6 Å². The monoisotopic (exact) mass is 183 g/mol. The fraction of sp³-hybridized carbons (Fsp3) is 0.556. The zero-order valence-electron chi connectivity index (χ0n) is 7.87. The summed E-state index contributed by atoms with van der Waals surface area (Å²) in [5.74, 6) is -0.283. The van der Waals surface area contributed by atoms with Crippen LogP contribution in [0.4, 0.5) is 0 Å². The Morgan fingerprint density at radius 1 is 1.62 bits per heavy atom. The van der Waals surface area contributed by atoms with Crippen LogP contribution in [0.1, 0.15) is 19.8 Å². The van der Waals surface area contributed by atoms with E-state index in [0.29, 0.717) is 25.0 Å². The number of esters is 1. The van der Waals surface area contributed by atoms with Gasteiger partial charge in [0.1, 0.15) is 0 Å². The van der Waals surface area contributed by atoms with Crippen molar-refractivity contribution in [3.05, 3.63) is 11.8 Å². The van der Waals surface area contributed by atoms with E-state index in [-0.39, 0.29) is 11.9 Å². The molecule has 0 saturated heterocycles. The van der Waals surface area contributed by atoms with Crippen molar-refractivity contribution in [1.82, 2.24) is 4.90 Å². The lowest BCUT2D eigenvalue weighted by molar-refractivity contribution is -0.139. The Balaban J connectivity index is 2.66. The summed E-state index contributed by atoms with van der Waals surface area (Å²) in [6.07, 6.45) is 2.42. The normalized spacial score (nSPS) is 16.9. The molecule has 0 N–H and O–H groups in total. The molecule has 4 nitrogen and oxygen atoms in total. The van der Waals surface area contributed by atoms with E-state index in [2.05, 4.69) is 0 Å². The van der Waals surface area contributed by atoms with E-state index in [9.17, 15) is 9.59 Å². The first-order chi connectivity index (χ1) is 6.15. The van der Waals surface area contributed by atoms with Crippen LogP contribution in [0.5, 0.6) is 0 Å². The van der Waals surface area contributed by atoms with Crippen molar-refractivity contribution in [3.8, 4) is 0 Å². The summed E-state index contributed by atoms with van der Waals surface area (Å²) in [4.78, 5) is 23.7. The summed E-state index contributed by atoms with van der Waals surface area (Å²) in [6, 6.07) is 0. The van der Waals surface area contributed by atoms with Crippen LogP contribution < -0.4 is 0 Å². The Labute approximate surface area is 77.2 Å². The molecule has 0 aromatic carbocycles. The highest BCUT2D eigenvalue weighted by Gasteiger charge is 2.20. The molecule has 72 valence electrons. The Bertz CT molecular complexity index is 258. The maximum Gasteiger partial charge on any atom is 0.335 e. The average molecular weight is 183 g/mol. The van der Waals surface area contributed by atoms with Crippen molar-refractivity contribution in [2.45, 2.75) is 19.8 Å². The number of rotatable bonds is 2. The standard InChI is InChI=1S/C9H13NO3/c1-3-13-9(12)7-4-5-8(11)10(2)6-7/h6H,3-5H2,1-2H3. The molecule has 0 spiro atoms. The van der Waals surface area contributed by atoms with E-state index in [1.54, 1.807) is 20.2 Å². The average Bonchev–Trinajstić information content (AvgIpc) is 2.10. The molecule has 0 aromatic rings.